The highest BCUT2D eigenvalue weighted by molar-refractivity contribution is 6.04. The number of benzene rings is 5. The molecule has 0 saturated heterocycles. The van der Waals surface area contributed by atoms with E-state index in [1.54, 1.807) is 0 Å². The fraction of sp³-hybridized carbons (Fsp3) is 0.118. The molecule has 182 valence electrons. The van der Waals surface area contributed by atoms with Gasteiger partial charge in [-0.1, -0.05) is 83.9 Å². The summed E-state index contributed by atoms with van der Waals surface area (Å²) < 4.78 is 0. The Morgan fingerprint density at radius 2 is 0.684 bits per heavy atom. The molecule has 0 fully saturated rings. The van der Waals surface area contributed by atoms with E-state index < -0.39 is 0 Å². The largest absolute Gasteiger partial charge is 0.244 e. The number of aryl methyl sites for hydroxylation is 2. The van der Waals surface area contributed by atoms with Crippen LogP contribution in [0.25, 0.3) is 44.1 Å². The fourth-order valence-corrected chi connectivity index (χ4v) is 5.22. The van der Waals surface area contributed by atoms with Gasteiger partial charge in [0, 0.05) is 24.0 Å². The molecule has 0 atom stereocenters. The monoisotopic (exact) mass is 490 g/mol. The summed E-state index contributed by atoms with van der Waals surface area (Å²) in [6.07, 6.45) is 1.41. The molecule has 0 bridgehead atoms. The first-order chi connectivity index (χ1) is 18.6. The number of rotatable bonds is 4. The topological polar surface area (TPSA) is 51.6 Å². The van der Waals surface area contributed by atoms with Crippen molar-refractivity contribution in [2.24, 2.45) is 0 Å². The molecule has 2 heterocycles. The second-order valence-electron chi connectivity index (χ2n) is 10.1. The maximum absolute atomic E-state index is 5.21. The first-order valence-electron chi connectivity index (χ1n) is 13.0. The third kappa shape index (κ3) is 3.95. The van der Waals surface area contributed by atoms with Crippen molar-refractivity contribution in [2.45, 2.75) is 26.7 Å². The van der Waals surface area contributed by atoms with Crippen LogP contribution >= 0.6 is 0 Å². The van der Waals surface area contributed by atoms with E-state index in [-0.39, 0.29) is 0 Å². The molecular formula is C34H26N4. The van der Waals surface area contributed by atoms with E-state index in [2.05, 4.69) is 62.4 Å². The van der Waals surface area contributed by atoms with Crippen LogP contribution in [-0.4, -0.2) is 19.9 Å². The van der Waals surface area contributed by atoms with Crippen LogP contribution in [0.15, 0.2) is 97.1 Å². The number of hydrogen-bond donors (Lipinski definition) is 0. The number of para-hydroxylation sites is 4. The lowest BCUT2D eigenvalue weighted by molar-refractivity contribution is 1.15. The minimum absolute atomic E-state index is 0.706. The lowest BCUT2D eigenvalue weighted by Gasteiger charge is -2.16. The molecule has 0 spiro atoms. The number of hydrogen-bond acceptors (Lipinski definition) is 4. The van der Waals surface area contributed by atoms with Crippen LogP contribution in [0.4, 0.5) is 0 Å². The molecule has 2 aromatic heterocycles. The van der Waals surface area contributed by atoms with Crippen molar-refractivity contribution in [3.05, 3.63) is 130 Å². The molecule has 5 aromatic carbocycles. The van der Waals surface area contributed by atoms with E-state index in [1.807, 2.05) is 48.5 Å². The summed E-state index contributed by atoms with van der Waals surface area (Å²) in [6, 6.07) is 33.6. The van der Waals surface area contributed by atoms with Gasteiger partial charge < -0.3 is 0 Å². The molecular weight excluding hydrogens is 464 g/mol. The van der Waals surface area contributed by atoms with Crippen molar-refractivity contribution in [3.8, 4) is 0 Å². The minimum Gasteiger partial charge on any atom is -0.244 e. The van der Waals surface area contributed by atoms with Gasteiger partial charge in [0.1, 0.15) is 0 Å². The van der Waals surface area contributed by atoms with E-state index in [1.165, 1.54) is 22.3 Å². The third-order valence-electron chi connectivity index (χ3n) is 7.29. The Morgan fingerprint density at radius 1 is 0.395 bits per heavy atom. The molecule has 0 N–H and O–H groups in total. The quantitative estimate of drug-likeness (QED) is 0.238. The van der Waals surface area contributed by atoms with Crippen LogP contribution in [0.5, 0.6) is 0 Å². The van der Waals surface area contributed by atoms with Gasteiger partial charge >= 0.3 is 0 Å². The van der Waals surface area contributed by atoms with Crippen LogP contribution in [0.1, 0.15) is 33.4 Å². The second kappa shape index (κ2) is 9.00. The average Bonchev–Trinajstić information content (AvgIpc) is 2.95. The van der Waals surface area contributed by atoms with Gasteiger partial charge in [0.25, 0.3) is 0 Å². The number of fused-ring (bicyclic) bond motifs is 4. The van der Waals surface area contributed by atoms with Crippen molar-refractivity contribution in [2.75, 3.05) is 0 Å². The van der Waals surface area contributed by atoms with E-state index in [9.17, 15) is 0 Å². The highest BCUT2D eigenvalue weighted by atomic mass is 14.9. The van der Waals surface area contributed by atoms with Crippen molar-refractivity contribution >= 4 is 44.1 Å². The normalized spacial score (nSPS) is 11.6. The Balaban J connectivity index is 1.60. The Kier molecular flexibility index (Phi) is 5.33. The van der Waals surface area contributed by atoms with Gasteiger partial charge in [-0.3, -0.25) is 0 Å². The van der Waals surface area contributed by atoms with Crippen LogP contribution in [0.3, 0.4) is 0 Å². The molecule has 4 heteroatoms. The zero-order valence-corrected chi connectivity index (χ0v) is 21.4. The maximum Gasteiger partial charge on any atom is 0.0956 e. The molecule has 7 aromatic rings. The summed E-state index contributed by atoms with van der Waals surface area (Å²) in [5, 5.41) is 0. The third-order valence-corrected chi connectivity index (χ3v) is 7.29. The highest BCUT2D eigenvalue weighted by Crippen LogP contribution is 2.34. The van der Waals surface area contributed by atoms with Crippen LogP contribution < -0.4 is 0 Å². The lowest BCUT2D eigenvalue weighted by atomic mass is 9.94. The Labute approximate surface area is 221 Å². The lowest BCUT2D eigenvalue weighted by Crippen LogP contribution is -2.05. The molecule has 38 heavy (non-hydrogen) atoms. The molecule has 7 rings (SSSR count). The first kappa shape index (κ1) is 22.5. The van der Waals surface area contributed by atoms with Crippen molar-refractivity contribution in [3.63, 3.8) is 0 Å². The van der Waals surface area contributed by atoms with Crippen molar-refractivity contribution in [1.29, 1.82) is 0 Å². The summed E-state index contributed by atoms with van der Waals surface area (Å²) in [7, 11) is 0. The fourth-order valence-electron chi connectivity index (χ4n) is 5.22. The number of aromatic nitrogens is 4. The van der Waals surface area contributed by atoms with Gasteiger partial charge in [-0.25, -0.2) is 19.9 Å². The van der Waals surface area contributed by atoms with Crippen LogP contribution in [0, 0.1) is 13.8 Å². The maximum atomic E-state index is 5.21. The summed E-state index contributed by atoms with van der Waals surface area (Å²) in [5.74, 6) is 0. The molecule has 0 unspecified atom stereocenters. The van der Waals surface area contributed by atoms with Crippen LogP contribution in [-0.2, 0) is 12.8 Å². The average molecular weight is 491 g/mol. The predicted molar refractivity (Wildman–Crippen MR) is 156 cm³/mol. The van der Waals surface area contributed by atoms with Crippen molar-refractivity contribution < 1.29 is 0 Å². The predicted octanol–water partition coefficient (Wildman–Crippen LogP) is 7.68. The molecule has 0 aliphatic rings. The molecule has 0 aliphatic heterocycles. The summed E-state index contributed by atoms with van der Waals surface area (Å²) in [4.78, 5) is 20.8. The molecule has 0 aliphatic carbocycles. The zero-order valence-electron chi connectivity index (χ0n) is 21.4. The summed E-state index contributed by atoms with van der Waals surface area (Å²) in [6.45, 7) is 4.23. The first-order valence-corrected chi connectivity index (χ1v) is 13.0. The molecule has 0 amide bonds. The van der Waals surface area contributed by atoms with Gasteiger partial charge in [0.05, 0.1) is 44.1 Å². The van der Waals surface area contributed by atoms with Gasteiger partial charge in [-0.05, 0) is 49.2 Å². The molecule has 4 nitrogen and oxygen atoms in total. The van der Waals surface area contributed by atoms with Gasteiger partial charge in [0.15, 0.2) is 0 Å². The Morgan fingerprint density at radius 3 is 0.974 bits per heavy atom. The zero-order chi connectivity index (χ0) is 25.6. The van der Waals surface area contributed by atoms with Gasteiger partial charge in [-0.2, -0.15) is 0 Å². The summed E-state index contributed by atoms with van der Waals surface area (Å²) >= 11 is 0. The van der Waals surface area contributed by atoms with Gasteiger partial charge in [-0.15, -0.1) is 0 Å². The standard InChI is InChI=1S/C34H26N4/c1-21-11-15-23(16-12-21)19-25-31-33(37-29-9-5-3-7-27(29)35-31)26(20-24-17-13-22(2)14-18-24)34-32(25)36-28-8-4-6-10-30(28)38-34/h3-18H,19-20H2,1-2H3. The van der Waals surface area contributed by atoms with E-state index in [4.69, 9.17) is 19.9 Å². The van der Waals surface area contributed by atoms with Crippen LogP contribution in [0.2, 0.25) is 0 Å². The smallest absolute Gasteiger partial charge is 0.0956 e. The Bertz CT molecular complexity index is 1730. The molecule has 0 radical (unpaired) electrons. The van der Waals surface area contributed by atoms with Crippen molar-refractivity contribution in [1.82, 2.24) is 19.9 Å². The SMILES string of the molecule is Cc1ccc(Cc2c3nc4ccccc4nc3c(Cc3ccc(C)cc3)c3nc4ccccc4nc23)cc1. The minimum atomic E-state index is 0.706. The van der Waals surface area contributed by atoms with E-state index in [0.29, 0.717) is 12.8 Å². The van der Waals surface area contributed by atoms with E-state index >= 15 is 0 Å². The second-order valence-corrected chi connectivity index (χ2v) is 10.1. The highest BCUT2D eigenvalue weighted by Gasteiger charge is 2.21. The molecule has 0 saturated carbocycles. The van der Waals surface area contributed by atoms with Gasteiger partial charge in [0.2, 0.25) is 0 Å². The Hall–Kier alpha value is -4.70. The van der Waals surface area contributed by atoms with E-state index in [0.717, 1.165) is 55.3 Å². The summed E-state index contributed by atoms with van der Waals surface area (Å²) in [5.41, 5.74) is 14.2. The number of nitrogens with zero attached hydrogens (tertiary/aromatic N) is 4.